The third kappa shape index (κ3) is 7.13. The van der Waals surface area contributed by atoms with E-state index in [0.717, 1.165) is 44.8 Å². The summed E-state index contributed by atoms with van der Waals surface area (Å²) in [5, 5.41) is 12.0. The topological polar surface area (TPSA) is 82.1 Å². The van der Waals surface area contributed by atoms with Crippen molar-refractivity contribution in [1.29, 1.82) is 0 Å². The molecule has 0 saturated carbocycles. The molecule has 0 radical (unpaired) electrons. The lowest BCUT2D eigenvalue weighted by Crippen LogP contribution is -2.54. The molecule has 0 bridgehead atoms. The van der Waals surface area contributed by atoms with E-state index in [2.05, 4.69) is 10.2 Å². The van der Waals surface area contributed by atoms with Crippen LogP contribution in [-0.2, 0) is 16.0 Å². The minimum Gasteiger partial charge on any atom is -0.482 e. The highest BCUT2D eigenvalue weighted by Crippen LogP contribution is 2.16. The number of ether oxygens (including phenoxy) is 1. The summed E-state index contributed by atoms with van der Waals surface area (Å²) in [5.41, 5.74) is 0.915. The van der Waals surface area contributed by atoms with Gasteiger partial charge in [-0.3, -0.25) is 9.69 Å². The number of carbonyl (C=O) groups is 2. The molecule has 0 spiro atoms. The number of piperazine rings is 1. The molecule has 0 unspecified atom stereocenters. The highest BCUT2D eigenvalue weighted by Gasteiger charge is 2.26. The first kappa shape index (κ1) is 24.5. The van der Waals surface area contributed by atoms with Crippen LogP contribution in [0.2, 0.25) is 0 Å². The zero-order valence-corrected chi connectivity index (χ0v) is 17.5. The van der Waals surface area contributed by atoms with E-state index in [1.54, 1.807) is 12.1 Å². The van der Waals surface area contributed by atoms with Gasteiger partial charge in [0, 0.05) is 32.2 Å². The molecule has 0 atom stereocenters. The lowest BCUT2D eigenvalue weighted by atomic mass is 10.0. The Balaban J connectivity index is 0.00000196. The Morgan fingerprint density at radius 2 is 1.64 bits per heavy atom. The number of nitrogens with zero attached hydrogens (tertiary/aromatic N) is 2. The quantitative estimate of drug-likeness (QED) is 0.705. The normalized spacial score (nSPS) is 17.9. The van der Waals surface area contributed by atoms with Crippen molar-refractivity contribution < 1.29 is 19.4 Å². The number of rotatable bonds is 6. The van der Waals surface area contributed by atoms with Crippen LogP contribution in [-0.4, -0.2) is 78.7 Å². The number of nitrogens with one attached hydrogen (secondary N) is 1. The maximum atomic E-state index is 12.5. The van der Waals surface area contributed by atoms with E-state index in [4.69, 9.17) is 9.84 Å². The number of piperidine rings is 1. The van der Waals surface area contributed by atoms with Gasteiger partial charge in [-0.05, 0) is 43.6 Å². The van der Waals surface area contributed by atoms with E-state index in [0.29, 0.717) is 18.2 Å². The number of carboxylic acid groups (broad SMARTS) is 1. The largest absolute Gasteiger partial charge is 0.482 e. The first-order valence-corrected chi connectivity index (χ1v) is 9.28. The van der Waals surface area contributed by atoms with Crippen LogP contribution in [0.1, 0.15) is 18.4 Å². The molecule has 1 amide bonds. The average molecular weight is 434 g/mol. The summed E-state index contributed by atoms with van der Waals surface area (Å²) in [6.07, 6.45) is 2.76. The van der Waals surface area contributed by atoms with Crippen molar-refractivity contribution in [2.75, 3.05) is 45.9 Å². The molecule has 1 aromatic rings. The van der Waals surface area contributed by atoms with Gasteiger partial charge in [-0.1, -0.05) is 12.1 Å². The molecule has 7 nitrogen and oxygen atoms in total. The molecule has 158 valence electrons. The molecular formula is C19H29Cl2N3O4. The Labute approximate surface area is 178 Å². The second-order valence-corrected chi connectivity index (χ2v) is 6.90. The summed E-state index contributed by atoms with van der Waals surface area (Å²) in [6, 6.07) is 7.72. The van der Waals surface area contributed by atoms with Gasteiger partial charge in [0.15, 0.2) is 6.61 Å². The Kier molecular flexibility index (Phi) is 10.6. The minimum absolute atomic E-state index is 0. The molecule has 2 heterocycles. The number of carbonyl (C=O) groups excluding carboxylic acids is 1. The van der Waals surface area contributed by atoms with Crippen LogP contribution in [0.5, 0.6) is 5.75 Å². The van der Waals surface area contributed by atoms with Gasteiger partial charge < -0.3 is 20.1 Å². The lowest BCUT2D eigenvalue weighted by molar-refractivity contribution is -0.139. The predicted molar refractivity (Wildman–Crippen MR) is 112 cm³/mol. The molecular weight excluding hydrogens is 405 g/mol. The molecule has 2 saturated heterocycles. The van der Waals surface area contributed by atoms with Crippen molar-refractivity contribution in [3.63, 3.8) is 0 Å². The minimum atomic E-state index is -1.01. The lowest BCUT2D eigenvalue weighted by Gasteiger charge is -2.40. The molecule has 1 aromatic carbocycles. The Morgan fingerprint density at radius 3 is 2.21 bits per heavy atom. The van der Waals surface area contributed by atoms with Gasteiger partial charge in [0.2, 0.25) is 5.91 Å². The summed E-state index contributed by atoms with van der Waals surface area (Å²) >= 11 is 0. The number of hydrogen-bond acceptors (Lipinski definition) is 5. The maximum Gasteiger partial charge on any atom is 0.341 e. The van der Waals surface area contributed by atoms with Crippen LogP contribution >= 0.6 is 24.8 Å². The fourth-order valence-corrected chi connectivity index (χ4v) is 3.64. The van der Waals surface area contributed by atoms with Crippen molar-refractivity contribution in [3.8, 4) is 5.75 Å². The summed E-state index contributed by atoms with van der Waals surface area (Å²) in [4.78, 5) is 27.5. The molecule has 3 rings (SSSR count). The third-order valence-electron chi connectivity index (χ3n) is 5.13. The number of carboxylic acids is 1. The summed E-state index contributed by atoms with van der Waals surface area (Å²) in [5.74, 6) is -0.360. The van der Waals surface area contributed by atoms with Crippen molar-refractivity contribution >= 4 is 36.7 Å². The van der Waals surface area contributed by atoms with Crippen LogP contribution in [0.3, 0.4) is 0 Å². The molecule has 0 aromatic heterocycles. The van der Waals surface area contributed by atoms with Gasteiger partial charge >= 0.3 is 5.97 Å². The number of amides is 1. The van der Waals surface area contributed by atoms with Gasteiger partial charge in [-0.2, -0.15) is 0 Å². The zero-order valence-electron chi connectivity index (χ0n) is 15.8. The van der Waals surface area contributed by atoms with Gasteiger partial charge in [0.1, 0.15) is 5.75 Å². The number of benzene rings is 1. The predicted octanol–water partition coefficient (Wildman–Crippen LogP) is 1.43. The van der Waals surface area contributed by atoms with E-state index in [1.807, 2.05) is 17.0 Å². The maximum absolute atomic E-state index is 12.5. The number of aliphatic carboxylic acids is 1. The smallest absolute Gasteiger partial charge is 0.341 e. The Hall–Kier alpha value is -1.54. The van der Waals surface area contributed by atoms with Gasteiger partial charge in [-0.15, -0.1) is 24.8 Å². The molecule has 0 aliphatic carbocycles. The number of hydrogen-bond donors (Lipinski definition) is 2. The van der Waals surface area contributed by atoms with Gasteiger partial charge in [0.05, 0.1) is 6.42 Å². The average Bonchev–Trinajstić information content (AvgIpc) is 2.68. The fraction of sp³-hybridized carbons (Fsp3) is 0.579. The van der Waals surface area contributed by atoms with Gasteiger partial charge in [0.25, 0.3) is 0 Å². The van der Waals surface area contributed by atoms with Crippen LogP contribution in [0, 0.1) is 0 Å². The Bertz CT molecular complexity index is 616. The molecule has 28 heavy (non-hydrogen) atoms. The van der Waals surface area contributed by atoms with Crippen molar-refractivity contribution in [1.82, 2.24) is 15.1 Å². The zero-order chi connectivity index (χ0) is 18.4. The van der Waals surface area contributed by atoms with Crippen molar-refractivity contribution in [3.05, 3.63) is 29.8 Å². The van der Waals surface area contributed by atoms with E-state index < -0.39 is 5.97 Å². The van der Waals surface area contributed by atoms with Crippen LogP contribution in [0.15, 0.2) is 24.3 Å². The van der Waals surface area contributed by atoms with E-state index in [-0.39, 0.29) is 37.3 Å². The highest BCUT2D eigenvalue weighted by molar-refractivity contribution is 5.85. The van der Waals surface area contributed by atoms with Crippen LogP contribution in [0.25, 0.3) is 0 Å². The second kappa shape index (κ2) is 12.1. The van der Waals surface area contributed by atoms with Crippen molar-refractivity contribution in [2.24, 2.45) is 0 Å². The summed E-state index contributed by atoms with van der Waals surface area (Å²) in [6.45, 7) is 5.33. The third-order valence-corrected chi connectivity index (χ3v) is 5.13. The van der Waals surface area contributed by atoms with E-state index in [9.17, 15) is 9.59 Å². The standard InChI is InChI=1S/C19H27N3O4.2ClH/c23-18(13-15-1-3-17(4-2-15)26-14-19(24)25)22-11-9-21(10-12-22)16-5-7-20-8-6-16;;/h1-4,16,20H,5-14H2,(H,24,25);2*1H. The molecule has 9 heteroatoms. The Morgan fingerprint density at radius 1 is 1.04 bits per heavy atom. The van der Waals surface area contributed by atoms with Crippen LogP contribution < -0.4 is 10.1 Å². The summed E-state index contributed by atoms with van der Waals surface area (Å²) < 4.78 is 5.11. The molecule has 2 fully saturated rings. The van der Waals surface area contributed by atoms with E-state index in [1.165, 1.54) is 12.8 Å². The summed E-state index contributed by atoms with van der Waals surface area (Å²) in [7, 11) is 0. The fourth-order valence-electron chi connectivity index (χ4n) is 3.64. The monoisotopic (exact) mass is 433 g/mol. The van der Waals surface area contributed by atoms with Crippen molar-refractivity contribution in [2.45, 2.75) is 25.3 Å². The van der Waals surface area contributed by atoms with E-state index >= 15 is 0 Å². The molecule has 2 N–H and O–H groups in total. The first-order chi connectivity index (χ1) is 12.6. The number of halogens is 2. The van der Waals surface area contributed by atoms with Gasteiger partial charge in [-0.25, -0.2) is 4.79 Å². The second-order valence-electron chi connectivity index (χ2n) is 6.90. The molecule has 2 aliphatic heterocycles. The molecule has 2 aliphatic rings. The van der Waals surface area contributed by atoms with Crippen LogP contribution in [0.4, 0.5) is 0 Å². The first-order valence-electron chi connectivity index (χ1n) is 9.28. The SMILES string of the molecule is Cl.Cl.O=C(O)COc1ccc(CC(=O)N2CCN(C3CCNCC3)CC2)cc1. The highest BCUT2D eigenvalue weighted by atomic mass is 35.5.